The van der Waals surface area contributed by atoms with Gasteiger partial charge in [0.05, 0.1) is 5.56 Å². The lowest BCUT2D eigenvalue weighted by molar-refractivity contribution is -0.135. The van der Waals surface area contributed by atoms with Crippen LogP contribution < -0.4 is 0 Å². The van der Waals surface area contributed by atoms with E-state index in [-0.39, 0.29) is 17.5 Å². The summed E-state index contributed by atoms with van der Waals surface area (Å²) in [6.45, 7) is 2.77. The number of carbonyl (C=O) groups is 2. The number of fused-ring (bicyclic) bond motifs is 1. The predicted molar refractivity (Wildman–Crippen MR) is 74.6 cm³/mol. The van der Waals surface area contributed by atoms with Gasteiger partial charge in [0.1, 0.15) is 6.04 Å². The summed E-state index contributed by atoms with van der Waals surface area (Å²) in [6, 6.07) is 6.41. The van der Waals surface area contributed by atoms with Crippen molar-refractivity contribution in [2.24, 2.45) is 0 Å². The first-order valence-electron chi connectivity index (χ1n) is 6.69. The Labute approximate surface area is 121 Å². The zero-order chi connectivity index (χ0) is 15.0. The third-order valence-corrected chi connectivity index (χ3v) is 3.77. The summed E-state index contributed by atoms with van der Waals surface area (Å²) < 4.78 is 1.62. The second-order valence-electron chi connectivity index (χ2n) is 5.14. The molecule has 0 radical (unpaired) electrons. The summed E-state index contributed by atoms with van der Waals surface area (Å²) in [6.07, 6.45) is 3.40. The second-order valence-corrected chi connectivity index (χ2v) is 5.14. The van der Waals surface area contributed by atoms with E-state index in [0.29, 0.717) is 13.1 Å². The molecule has 6 nitrogen and oxygen atoms in total. The maximum absolute atomic E-state index is 12.5. The van der Waals surface area contributed by atoms with Gasteiger partial charge in [-0.15, -0.1) is 0 Å². The van der Waals surface area contributed by atoms with Crippen LogP contribution >= 0.6 is 0 Å². The van der Waals surface area contributed by atoms with Crippen molar-refractivity contribution < 1.29 is 14.7 Å². The maximum Gasteiger partial charge on any atom is 0.335 e. The van der Waals surface area contributed by atoms with E-state index in [9.17, 15) is 9.59 Å². The van der Waals surface area contributed by atoms with E-state index in [4.69, 9.17) is 5.11 Å². The maximum atomic E-state index is 12.5. The van der Waals surface area contributed by atoms with E-state index >= 15 is 0 Å². The Balaban J connectivity index is 1.78. The van der Waals surface area contributed by atoms with Crippen LogP contribution in [0, 0.1) is 0 Å². The molecule has 0 saturated carbocycles. The number of hydrogen-bond donors (Lipinski definition) is 1. The lowest BCUT2D eigenvalue weighted by Crippen LogP contribution is -2.32. The highest BCUT2D eigenvalue weighted by Gasteiger charge is 2.28. The van der Waals surface area contributed by atoms with Crippen molar-refractivity contribution in [1.29, 1.82) is 0 Å². The second kappa shape index (κ2) is 5.05. The Hall–Kier alpha value is -2.63. The van der Waals surface area contributed by atoms with Crippen LogP contribution in [0.5, 0.6) is 0 Å². The van der Waals surface area contributed by atoms with Gasteiger partial charge in [0, 0.05) is 25.5 Å². The third kappa shape index (κ3) is 2.40. The minimum absolute atomic E-state index is 0.0215. The predicted octanol–water partition coefficient (Wildman–Crippen LogP) is 1.68. The molecule has 1 atom stereocenters. The molecular formula is C15H15N3O3. The van der Waals surface area contributed by atoms with Gasteiger partial charge in [0.2, 0.25) is 5.91 Å². The first-order chi connectivity index (χ1) is 10.1. The molecule has 2 heterocycles. The van der Waals surface area contributed by atoms with Crippen molar-refractivity contribution in [1.82, 2.24) is 14.7 Å². The van der Waals surface area contributed by atoms with E-state index in [1.807, 2.05) is 0 Å². The van der Waals surface area contributed by atoms with Gasteiger partial charge in [0.15, 0.2) is 0 Å². The van der Waals surface area contributed by atoms with E-state index in [1.54, 1.807) is 53.2 Å². The lowest BCUT2D eigenvalue weighted by Gasteiger charge is -2.20. The summed E-state index contributed by atoms with van der Waals surface area (Å²) >= 11 is 0. The Morgan fingerprint density at radius 1 is 1.29 bits per heavy atom. The molecule has 1 aromatic carbocycles. The van der Waals surface area contributed by atoms with Crippen molar-refractivity contribution in [3.05, 3.63) is 53.3 Å². The normalized spacial score (nSPS) is 14.8. The van der Waals surface area contributed by atoms with Crippen LogP contribution in [0.4, 0.5) is 0 Å². The number of aromatic carboxylic acids is 1. The van der Waals surface area contributed by atoms with Crippen molar-refractivity contribution in [2.45, 2.75) is 26.1 Å². The van der Waals surface area contributed by atoms with Gasteiger partial charge in [-0.05, 0) is 36.2 Å². The summed E-state index contributed by atoms with van der Waals surface area (Å²) in [4.78, 5) is 25.2. The van der Waals surface area contributed by atoms with Crippen LogP contribution in [0.25, 0.3) is 0 Å². The molecular weight excluding hydrogens is 270 g/mol. The number of rotatable bonds is 3. The molecule has 0 saturated heterocycles. The quantitative estimate of drug-likeness (QED) is 0.931. The average molecular weight is 285 g/mol. The third-order valence-electron chi connectivity index (χ3n) is 3.77. The summed E-state index contributed by atoms with van der Waals surface area (Å²) in [7, 11) is 0. The molecule has 6 heteroatoms. The Kier molecular flexibility index (Phi) is 3.21. The van der Waals surface area contributed by atoms with Crippen molar-refractivity contribution in [2.75, 3.05) is 0 Å². The topological polar surface area (TPSA) is 75.4 Å². The number of carboxylic acids is 1. The lowest BCUT2D eigenvalue weighted by atomic mass is 10.1. The van der Waals surface area contributed by atoms with E-state index in [0.717, 1.165) is 11.1 Å². The van der Waals surface area contributed by atoms with Gasteiger partial charge in [-0.2, -0.15) is 5.10 Å². The SMILES string of the molecule is CC(C(=O)N1Cc2ccc(C(=O)O)cc2C1)n1cccn1. The van der Waals surface area contributed by atoms with Gasteiger partial charge >= 0.3 is 5.97 Å². The van der Waals surface area contributed by atoms with Gasteiger partial charge in [0.25, 0.3) is 0 Å². The largest absolute Gasteiger partial charge is 0.478 e. The number of hydrogen-bond acceptors (Lipinski definition) is 3. The first kappa shape index (κ1) is 13.4. The molecule has 3 rings (SSSR count). The van der Waals surface area contributed by atoms with Crippen LogP contribution in [-0.4, -0.2) is 31.7 Å². The molecule has 0 aliphatic carbocycles. The highest BCUT2D eigenvalue weighted by atomic mass is 16.4. The van der Waals surface area contributed by atoms with Crippen molar-refractivity contribution in [3.8, 4) is 0 Å². The molecule has 0 bridgehead atoms. The smallest absolute Gasteiger partial charge is 0.335 e. The molecule has 1 aliphatic rings. The number of nitrogens with zero attached hydrogens (tertiary/aromatic N) is 3. The molecule has 1 unspecified atom stereocenters. The molecule has 0 spiro atoms. The minimum Gasteiger partial charge on any atom is -0.478 e. The molecule has 108 valence electrons. The van der Waals surface area contributed by atoms with Gasteiger partial charge in [-0.25, -0.2) is 4.79 Å². The standard InChI is InChI=1S/C15H15N3O3/c1-10(18-6-2-5-16-18)14(19)17-8-12-4-3-11(15(20)21)7-13(12)9-17/h2-7,10H,8-9H2,1H3,(H,20,21). The molecule has 1 N–H and O–H groups in total. The summed E-state index contributed by atoms with van der Waals surface area (Å²) in [5.74, 6) is -0.973. The molecule has 0 fully saturated rings. The van der Waals surface area contributed by atoms with Gasteiger partial charge < -0.3 is 10.0 Å². The Morgan fingerprint density at radius 2 is 2.05 bits per heavy atom. The molecule has 1 amide bonds. The fourth-order valence-electron chi connectivity index (χ4n) is 2.57. The van der Waals surface area contributed by atoms with Crippen LogP contribution in [0.2, 0.25) is 0 Å². The highest BCUT2D eigenvalue weighted by Crippen LogP contribution is 2.26. The first-order valence-corrected chi connectivity index (χ1v) is 6.69. The van der Waals surface area contributed by atoms with Gasteiger partial charge in [-0.3, -0.25) is 9.48 Å². The van der Waals surface area contributed by atoms with Crippen molar-refractivity contribution >= 4 is 11.9 Å². The van der Waals surface area contributed by atoms with E-state index in [2.05, 4.69) is 5.10 Å². The zero-order valence-electron chi connectivity index (χ0n) is 11.6. The zero-order valence-corrected chi connectivity index (χ0v) is 11.6. The number of carbonyl (C=O) groups excluding carboxylic acids is 1. The van der Waals surface area contributed by atoms with Gasteiger partial charge in [-0.1, -0.05) is 6.07 Å². The fraction of sp³-hybridized carbons (Fsp3) is 0.267. The summed E-state index contributed by atoms with van der Waals surface area (Å²) in [5, 5.41) is 13.1. The molecule has 1 aliphatic heterocycles. The van der Waals surface area contributed by atoms with Crippen LogP contribution in [0.1, 0.15) is 34.5 Å². The monoisotopic (exact) mass is 285 g/mol. The minimum atomic E-state index is -0.951. The number of aromatic nitrogens is 2. The van der Waals surface area contributed by atoms with Crippen LogP contribution in [0.3, 0.4) is 0 Å². The molecule has 2 aromatic rings. The van der Waals surface area contributed by atoms with Crippen molar-refractivity contribution in [3.63, 3.8) is 0 Å². The van der Waals surface area contributed by atoms with Crippen LogP contribution in [0.15, 0.2) is 36.7 Å². The highest BCUT2D eigenvalue weighted by molar-refractivity contribution is 5.88. The molecule has 1 aromatic heterocycles. The van der Waals surface area contributed by atoms with Crippen LogP contribution in [-0.2, 0) is 17.9 Å². The average Bonchev–Trinajstić information content (AvgIpc) is 3.13. The number of amides is 1. The van der Waals surface area contributed by atoms with E-state index in [1.165, 1.54) is 0 Å². The fourth-order valence-corrected chi connectivity index (χ4v) is 2.57. The Bertz CT molecular complexity index is 694. The number of carboxylic acid groups (broad SMARTS) is 1. The number of benzene rings is 1. The van der Waals surface area contributed by atoms with E-state index < -0.39 is 5.97 Å². The Morgan fingerprint density at radius 3 is 2.71 bits per heavy atom. The molecule has 21 heavy (non-hydrogen) atoms. The summed E-state index contributed by atoms with van der Waals surface area (Å²) in [5.41, 5.74) is 2.15.